The summed E-state index contributed by atoms with van der Waals surface area (Å²) in [5.41, 5.74) is 2.60. The Morgan fingerprint density at radius 2 is 2.00 bits per heavy atom. The van der Waals surface area contributed by atoms with E-state index in [1.165, 1.54) is 36.9 Å². The van der Waals surface area contributed by atoms with Crippen molar-refractivity contribution in [3.63, 3.8) is 0 Å². The third-order valence-electron chi connectivity index (χ3n) is 3.92. The van der Waals surface area contributed by atoms with Crippen LogP contribution in [-0.2, 0) is 11.3 Å². The van der Waals surface area contributed by atoms with Crippen LogP contribution in [0.25, 0.3) is 0 Å². The van der Waals surface area contributed by atoms with Crippen molar-refractivity contribution in [1.82, 2.24) is 5.32 Å². The number of hydrogen-bond donors (Lipinski definition) is 2. The quantitative estimate of drug-likeness (QED) is 0.860. The maximum absolute atomic E-state index is 6.01. The van der Waals surface area contributed by atoms with Gasteiger partial charge in [0.25, 0.3) is 0 Å². The Balaban J connectivity index is 1.57. The molecular formula is C15H22N2O. The summed E-state index contributed by atoms with van der Waals surface area (Å²) in [6, 6.07) is 8.90. The monoisotopic (exact) mass is 246 g/mol. The van der Waals surface area contributed by atoms with E-state index in [4.69, 9.17) is 4.74 Å². The molecule has 1 heterocycles. The SMILES string of the molecule is c1ccc2c(c1)CNC[C@@H](COC1CCCC1)N2. The Morgan fingerprint density at radius 1 is 1.17 bits per heavy atom. The molecule has 0 radical (unpaired) electrons. The minimum atomic E-state index is 0.384. The van der Waals surface area contributed by atoms with E-state index in [0.29, 0.717) is 12.1 Å². The second kappa shape index (κ2) is 5.72. The standard InChI is InChI=1S/C15H22N2O/c1-4-8-15-12(5-1)9-16-10-13(17-15)11-18-14-6-2-3-7-14/h1,4-5,8,13-14,16-17H,2-3,6-7,9-11H2/t13-/m0/s1. The summed E-state index contributed by atoms with van der Waals surface area (Å²) in [6.07, 6.45) is 5.67. The highest BCUT2D eigenvalue weighted by Crippen LogP contribution is 2.22. The Labute approximate surface area is 109 Å². The van der Waals surface area contributed by atoms with E-state index in [0.717, 1.165) is 19.7 Å². The lowest BCUT2D eigenvalue weighted by atomic mass is 10.2. The van der Waals surface area contributed by atoms with Gasteiger partial charge in [-0.1, -0.05) is 31.0 Å². The molecule has 2 aliphatic rings. The number of para-hydroxylation sites is 1. The number of rotatable bonds is 3. The first kappa shape index (κ1) is 12.0. The van der Waals surface area contributed by atoms with Crippen molar-refractivity contribution in [2.24, 2.45) is 0 Å². The zero-order chi connectivity index (χ0) is 12.2. The van der Waals surface area contributed by atoms with Crippen molar-refractivity contribution in [1.29, 1.82) is 0 Å². The maximum Gasteiger partial charge on any atom is 0.0684 e. The van der Waals surface area contributed by atoms with Crippen molar-refractivity contribution in [2.75, 3.05) is 18.5 Å². The molecular weight excluding hydrogens is 224 g/mol. The summed E-state index contributed by atoms with van der Waals surface area (Å²) in [4.78, 5) is 0. The van der Waals surface area contributed by atoms with Gasteiger partial charge in [0.1, 0.15) is 0 Å². The molecule has 1 aliphatic carbocycles. The Morgan fingerprint density at radius 3 is 2.89 bits per heavy atom. The first-order valence-corrected chi connectivity index (χ1v) is 7.08. The highest BCUT2D eigenvalue weighted by atomic mass is 16.5. The number of hydrogen-bond acceptors (Lipinski definition) is 3. The van der Waals surface area contributed by atoms with Crippen LogP contribution in [0, 0.1) is 0 Å². The van der Waals surface area contributed by atoms with E-state index in [-0.39, 0.29) is 0 Å². The summed E-state index contributed by atoms with van der Waals surface area (Å²) in [5.74, 6) is 0. The van der Waals surface area contributed by atoms with Gasteiger partial charge in [0, 0.05) is 18.8 Å². The van der Waals surface area contributed by atoms with Crippen LogP contribution in [0.4, 0.5) is 5.69 Å². The van der Waals surface area contributed by atoms with Crippen LogP contribution >= 0.6 is 0 Å². The van der Waals surface area contributed by atoms with Gasteiger partial charge in [-0.25, -0.2) is 0 Å². The van der Waals surface area contributed by atoms with Gasteiger partial charge in [0.15, 0.2) is 0 Å². The number of nitrogens with one attached hydrogen (secondary N) is 2. The van der Waals surface area contributed by atoms with Crippen molar-refractivity contribution < 1.29 is 4.74 Å². The molecule has 0 unspecified atom stereocenters. The molecule has 3 heteroatoms. The third kappa shape index (κ3) is 2.85. The van der Waals surface area contributed by atoms with E-state index < -0.39 is 0 Å². The zero-order valence-corrected chi connectivity index (χ0v) is 10.8. The van der Waals surface area contributed by atoms with Crippen LogP contribution < -0.4 is 10.6 Å². The van der Waals surface area contributed by atoms with Crippen LogP contribution in [-0.4, -0.2) is 25.3 Å². The molecule has 1 aromatic rings. The first-order valence-electron chi connectivity index (χ1n) is 7.08. The molecule has 0 amide bonds. The summed E-state index contributed by atoms with van der Waals surface area (Å²) >= 11 is 0. The average Bonchev–Trinajstić information content (AvgIpc) is 2.82. The first-order chi connectivity index (χ1) is 8.92. The van der Waals surface area contributed by atoms with Crippen molar-refractivity contribution in [3.05, 3.63) is 29.8 Å². The Kier molecular flexibility index (Phi) is 3.81. The molecule has 98 valence electrons. The van der Waals surface area contributed by atoms with Gasteiger partial charge in [-0.15, -0.1) is 0 Å². The zero-order valence-electron chi connectivity index (χ0n) is 10.8. The van der Waals surface area contributed by atoms with Crippen LogP contribution in [0.1, 0.15) is 31.2 Å². The predicted octanol–water partition coefficient (Wildman–Crippen LogP) is 2.53. The fourth-order valence-electron chi connectivity index (χ4n) is 2.88. The van der Waals surface area contributed by atoms with E-state index in [9.17, 15) is 0 Å². The van der Waals surface area contributed by atoms with Crippen molar-refractivity contribution >= 4 is 5.69 Å². The predicted molar refractivity (Wildman–Crippen MR) is 73.8 cm³/mol. The van der Waals surface area contributed by atoms with Gasteiger partial charge >= 0.3 is 0 Å². The highest BCUT2D eigenvalue weighted by Gasteiger charge is 2.19. The normalized spacial score (nSPS) is 24.3. The van der Waals surface area contributed by atoms with Gasteiger partial charge < -0.3 is 15.4 Å². The smallest absolute Gasteiger partial charge is 0.0684 e. The third-order valence-corrected chi connectivity index (χ3v) is 3.92. The molecule has 1 aliphatic heterocycles. The van der Waals surface area contributed by atoms with Crippen LogP contribution in [0.2, 0.25) is 0 Å². The molecule has 3 rings (SSSR count). The molecule has 2 N–H and O–H groups in total. The van der Waals surface area contributed by atoms with Gasteiger partial charge in [0.05, 0.1) is 18.8 Å². The van der Waals surface area contributed by atoms with Crippen molar-refractivity contribution in [2.45, 2.75) is 44.4 Å². The lowest BCUT2D eigenvalue weighted by molar-refractivity contribution is 0.0522. The molecule has 1 atom stereocenters. The molecule has 1 saturated carbocycles. The molecule has 0 spiro atoms. The molecule has 1 fully saturated rings. The summed E-state index contributed by atoms with van der Waals surface area (Å²) in [7, 11) is 0. The summed E-state index contributed by atoms with van der Waals surface area (Å²) in [6.45, 7) is 2.73. The van der Waals surface area contributed by atoms with Crippen LogP contribution in [0.5, 0.6) is 0 Å². The largest absolute Gasteiger partial charge is 0.378 e. The minimum Gasteiger partial charge on any atom is -0.378 e. The lowest BCUT2D eigenvalue weighted by Crippen LogP contribution is -2.35. The molecule has 1 aromatic carbocycles. The number of ether oxygens (including phenoxy) is 1. The summed E-state index contributed by atoms with van der Waals surface area (Å²) in [5, 5.41) is 7.08. The Hall–Kier alpha value is -1.06. The second-order valence-corrected chi connectivity index (χ2v) is 5.37. The number of benzene rings is 1. The Bertz CT molecular complexity index is 388. The molecule has 0 bridgehead atoms. The van der Waals surface area contributed by atoms with E-state index in [2.05, 4.69) is 34.9 Å². The number of fused-ring (bicyclic) bond motifs is 1. The topological polar surface area (TPSA) is 33.3 Å². The lowest BCUT2D eigenvalue weighted by Gasteiger charge is -2.20. The minimum absolute atomic E-state index is 0.384. The second-order valence-electron chi connectivity index (χ2n) is 5.37. The van der Waals surface area contributed by atoms with Crippen LogP contribution in [0.3, 0.4) is 0 Å². The van der Waals surface area contributed by atoms with Crippen LogP contribution in [0.15, 0.2) is 24.3 Å². The molecule has 18 heavy (non-hydrogen) atoms. The average molecular weight is 246 g/mol. The van der Waals surface area contributed by atoms with Gasteiger partial charge in [-0.05, 0) is 24.5 Å². The van der Waals surface area contributed by atoms with Gasteiger partial charge in [0.2, 0.25) is 0 Å². The van der Waals surface area contributed by atoms with E-state index in [1.807, 2.05) is 0 Å². The fraction of sp³-hybridized carbons (Fsp3) is 0.600. The molecule has 0 aromatic heterocycles. The summed E-state index contributed by atoms with van der Waals surface area (Å²) < 4.78 is 6.01. The van der Waals surface area contributed by atoms with Crippen molar-refractivity contribution in [3.8, 4) is 0 Å². The highest BCUT2D eigenvalue weighted by molar-refractivity contribution is 5.52. The maximum atomic E-state index is 6.01. The molecule has 3 nitrogen and oxygen atoms in total. The van der Waals surface area contributed by atoms with E-state index >= 15 is 0 Å². The fourth-order valence-corrected chi connectivity index (χ4v) is 2.88. The number of anilines is 1. The van der Waals surface area contributed by atoms with Gasteiger partial charge in [-0.3, -0.25) is 0 Å². The molecule has 0 saturated heterocycles. The van der Waals surface area contributed by atoms with Gasteiger partial charge in [-0.2, -0.15) is 0 Å². The van der Waals surface area contributed by atoms with E-state index in [1.54, 1.807) is 0 Å².